The van der Waals surface area contributed by atoms with Crippen LogP contribution in [0.3, 0.4) is 0 Å². The number of piperidine rings is 1. The number of ether oxygens (including phenoxy) is 2. The fourth-order valence-corrected chi connectivity index (χ4v) is 8.19. The minimum absolute atomic E-state index is 0.0705. The van der Waals surface area contributed by atoms with Gasteiger partial charge in [0, 0.05) is 32.5 Å². The van der Waals surface area contributed by atoms with Crippen LogP contribution in [0, 0.1) is 5.92 Å². The molecule has 1 saturated heterocycles. The molecule has 62 heavy (non-hydrogen) atoms. The summed E-state index contributed by atoms with van der Waals surface area (Å²) in [7, 11) is 0. The number of esters is 2. The van der Waals surface area contributed by atoms with Gasteiger partial charge in [0.15, 0.2) is 0 Å². The number of nitrogens with one attached hydrogen (secondary N) is 1. The molecule has 0 aromatic rings. The van der Waals surface area contributed by atoms with Crippen LogP contribution in [0.4, 0.5) is 0 Å². The Balaban J connectivity index is 2.14. The number of hydrogen-bond acceptors (Lipinski definition) is 7. The van der Waals surface area contributed by atoms with Crippen molar-refractivity contribution >= 4 is 11.9 Å². The van der Waals surface area contributed by atoms with Crippen molar-refractivity contribution < 1.29 is 24.2 Å². The second-order valence-corrected chi connectivity index (χ2v) is 18.2. The maximum Gasteiger partial charge on any atom is 0.305 e. The Morgan fingerprint density at radius 2 is 0.968 bits per heavy atom. The van der Waals surface area contributed by atoms with Crippen LogP contribution in [0.1, 0.15) is 232 Å². The summed E-state index contributed by atoms with van der Waals surface area (Å²) in [6.07, 6.45) is 55.1. The molecule has 0 bridgehead atoms. The van der Waals surface area contributed by atoms with Crippen LogP contribution in [-0.4, -0.2) is 74.0 Å². The van der Waals surface area contributed by atoms with Crippen LogP contribution >= 0.6 is 0 Å². The molecule has 0 aromatic carbocycles. The van der Waals surface area contributed by atoms with Crippen molar-refractivity contribution in [1.82, 2.24) is 10.2 Å². The number of likely N-dealkylation sites (tertiary alicyclic amines) is 1. The molecule has 0 aromatic heterocycles. The zero-order chi connectivity index (χ0) is 44.7. The average molecular weight is 869 g/mol. The molecule has 360 valence electrons. The lowest BCUT2D eigenvalue weighted by molar-refractivity contribution is -0.144. The van der Waals surface area contributed by atoms with E-state index in [9.17, 15) is 14.7 Å². The minimum atomic E-state index is -0.362. The summed E-state index contributed by atoms with van der Waals surface area (Å²) >= 11 is 0. The van der Waals surface area contributed by atoms with Crippen LogP contribution in [-0.2, 0) is 19.1 Å². The fraction of sp³-hybridized carbons (Fsp3) is 0.818. The Labute approximate surface area is 383 Å². The van der Waals surface area contributed by atoms with Gasteiger partial charge in [0.05, 0.1) is 19.3 Å². The zero-order valence-electron chi connectivity index (χ0n) is 40.8. The van der Waals surface area contributed by atoms with Crippen molar-refractivity contribution in [3.63, 3.8) is 0 Å². The number of nitrogens with zero attached hydrogens (tertiary/aromatic N) is 1. The zero-order valence-corrected chi connectivity index (χ0v) is 40.8. The quantitative estimate of drug-likeness (QED) is 0.0358. The first-order chi connectivity index (χ1) is 30.6. The number of aliphatic hydroxyl groups excluding tert-OH is 1. The van der Waals surface area contributed by atoms with Gasteiger partial charge in [-0.25, -0.2) is 0 Å². The molecule has 7 heteroatoms. The standard InChI is InChI=1S/C55H100N2O5/c1-3-5-7-9-11-13-15-17-19-21-23-25-27-29-34-43-54(59)61-49-39-31-33-42-53(58)52(51-56-45-48-57-46-37-32-38-47-57)41-36-40-50-62-55(60)44-35-30-28-26-24-22-20-18-16-14-12-10-8-6-4-2/h11-14,17-20,52-53,56,58H,3-10,15-16,21-51H2,1-2H3/b13-11-,14-12-,19-17-,20-18-. The van der Waals surface area contributed by atoms with E-state index in [1.807, 2.05) is 0 Å². The third-order valence-corrected chi connectivity index (χ3v) is 12.3. The van der Waals surface area contributed by atoms with Gasteiger partial charge in [-0.2, -0.15) is 0 Å². The maximum absolute atomic E-state index is 12.3. The number of rotatable bonds is 45. The SMILES string of the molecule is CCCCC/C=C\C/C=C\CCCCCCCC(=O)OCCCCCC(O)C(CCCCOC(=O)CCCCCCC/C=C\C/C=C\CCCCC)CNCCN1CCCCC1. The molecule has 7 nitrogen and oxygen atoms in total. The van der Waals surface area contributed by atoms with E-state index in [0.717, 1.165) is 116 Å². The summed E-state index contributed by atoms with van der Waals surface area (Å²) in [5, 5.41) is 14.9. The Kier molecular flexibility index (Phi) is 43.6. The highest BCUT2D eigenvalue weighted by Gasteiger charge is 2.19. The van der Waals surface area contributed by atoms with Crippen molar-refractivity contribution in [3.8, 4) is 0 Å². The summed E-state index contributed by atoms with van der Waals surface area (Å²) in [5.74, 6) is 0.0405. The molecule has 2 N–H and O–H groups in total. The van der Waals surface area contributed by atoms with Crippen LogP contribution in [0.5, 0.6) is 0 Å². The van der Waals surface area contributed by atoms with Gasteiger partial charge in [-0.1, -0.05) is 140 Å². The number of carbonyl (C=O) groups is 2. The minimum Gasteiger partial charge on any atom is -0.466 e. The third kappa shape index (κ3) is 40.5. The normalized spacial score (nSPS) is 14.8. The molecule has 0 spiro atoms. The lowest BCUT2D eigenvalue weighted by atomic mass is 9.92. The Hall–Kier alpha value is -2.22. The molecule has 0 radical (unpaired) electrons. The number of carbonyl (C=O) groups excluding carboxylic acids is 2. The van der Waals surface area contributed by atoms with Crippen LogP contribution in [0.15, 0.2) is 48.6 Å². The van der Waals surface area contributed by atoms with Crippen molar-refractivity contribution in [2.75, 3.05) is 45.9 Å². The largest absolute Gasteiger partial charge is 0.466 e. The molecular weight excluding hydrogens is 769 g/mol. The van der Waals surface area contributed by atoms with Crippen molar-refractivity contribution in [2.45, 2.75) is 238 Å². The molecule has 0 amide bonds. The average Bonchev–Trinajstić information content (AvgIpc) is 3.28. The molecule has 1 aliphatic heterocycles. The lowest BCUT2D eigenvalue weighted by Gasteiger charge is -2.27. The van der Waals surface area contributed by atoms with Gasteiger partial charge in [-0.15, -0.1) is 0 Å². The van der Waals surface area contributed by atoms with E-state index in [1.54, 1.807) is 0 Å². The van der Waals surface area contributed by atoms with E-state index in [0.29, 0.717) is 26.1 Å². The predicted molar refractivity (Wildman–Crippen MR) is 266 cm³/mol. The Morgan fingerprint density at radius 1 is 0.532 bits per heavy atom. The van der Waals surface area contributed by atoms with Gasteiger partial charge in [0.2, 0.25) is 0 Å². The van der Waals surface area contributed by atoms with Gasteiger partial charge < -0.3 is 24.8 Å². The van der Waals surface area contributed by atoms with Crippen LogP contribution in [0.2, 0.25) is 0 Å². The fourth-order valence-electron chi connectivity index (χ4n) is 8.19. The first-order valence-electron chi connectivity index (χ1n) is 26.6. The van der Waals surface area contributed by atoms with Gasteiger partial charge in [-0.05, 0) is 147 Å². The van der Waals surface area contributed by atoms with E-state index < -0.39 is 0 Å². The smallest absolute Gasteiger partial charge is 0.305 e. The van der Waals surface area contributed by atoms with Crippen LogP contribution in [0.25, 0.3) is 0 Å². The first-order valence-corrected chi connectivity index (χ1v) is 26.6. The molecule has 1 heterocycles. The summed E-state index contributed by atoms with van der Waals surface area (Å²) in [6.45, 7) is 10.7. The second kappa shape index (κ2) is 46.8. The number of hydrogen-bond donors (Lipinski definition) is 2. The monoisotopic (exact) mass is 869 g/mol. The molecule has 0 saturated carbocycles. The lowest BCUT2D eigenvalue weighted by Crippen LogP contribution is -2.38. The van der Waals surface area contributed by atoms with Crippen molar-refractivity contribution in [3.05, 3.63) is 48.6 Å². The third-order valence-electron chi connectivity index (χ3n) is 12.3. The van der Waals surface area contributed by atoms with Gasteiger partial charge in [0.25, 0.3) is 0 Å². The van der Waals surface area contributed by atoms with E-state index in [2.05, 4.69) is 72.7 Å². The van der Waals surface area contributed by atoms with Crippen LogP contribution < -0.4 is 5.32 Å². The summed E-state index contributed by atoms with van der Waals surface area (Å²) in [5.41, 5.74) is 0. The molecule has 1 fully saturated rings. The van der Waals surface area contributed by atoms with Gasteiger partial charge >= 0.3 is 11.9 Å². The Bertz CT molecular complexity index is 1100. The van der Waals surface area contributed by atoms with E-state index in [4.69, 9.17) is 9.47 Å². The number of allylic oxidation sites excluding steroid dienone is 8. The molecule has 2 unspecified atom stereocenters. The summed E-state index contributed by atoms with van der Waals surface area (Å²) in [4.78, 5) is 27.1. The number of unbranched alkanes of at least 4 members (excludes halogenated alkanes) is 19. The molecule has 1 aliphatic rings. The highest BCUT2D eigenvalue weighted by molar-refractivity contribution is 5.69. The summed E-state index contributed by atoms with van der Waals surface area (Å²) < 4.78 is 11.1. The first kappa shape index (κ1) is 57.8. The van der Waals surface area contributed by atoms with E-state index >= 15 is 0 Å². The molecule has 1 rings (SSSR count). The molecule has 2 atom stereocenters. The molecular formula is C55H100N2O5. The second-order valence-electron chi connectivity index (χ2n) is 18.2. The van der Waals surface area contributed by atoms with E-state index in [-0.39, 0.29) is 24.0 Å². The number of aliphatic hydroxyl groups is 1. The van der Waals surface area contributed by atoms with Crippen molar-refractivity contribution in [1.29, 1.82) is 0 Å². The highest BCUT2D eigenvalue weighted by atomic mass is 16.5. The predicted octanol–water partition coefficient (Wildman–Crippen LogP) is 14.5. The maximum atomic E-state index is 12.3. The van der Waals surface area contributed by atoms with Gasteiger partial charge in [0.1, 0.15) is 0 Å². The topological polar surface area (TPSA) is 88.1 Å². The van der Waals surface area contributed by atoms with E-state index in [1.165, 1.54) is 122 Å². The highest BCUT2D eigenvalue weighted by Crippen LogP contribution is 2.19. The van der Waals surface area contributed by atoms with Gasteiger partial charge in [-0.3, -0.25) is 9.59 Å². The Morgan fingerprint density at radius 3 is 1.48 bits per heavy atom. The van der Waals surface area contributed by atoms with Crippen molar-refractivity contribution in [2.24, 2.45) is 5.92 Å². The summed E-state index contributed by atoms with van der Waals surface area (Å²) in [6, 6.07) is 0. The molecule has 0 aliphatic carbocycles.